The highest BCUT2D eigenvalue weighted by Gasteiger charge is 2.24. The van der Waals surface area contributed by atoms with Gasteiger partial charge in [0.15, 0.2) is 11.4 Å². The molecule has 0 atom stereocenters. The summed E-state index contributed by atoms with van der Waals surface area (Å²) in [6.07, 6.45) is 0. The number of Topliss-reactive ketones (excluding diaryl/α,β-unsaturated/α-hetero) is 1. The fourth-order valence-corrected chi connectivity index (χ4v) is 5.59. The topological polar surface area (TPSA) is 141 Å². The summed E-state index contributed by atoms with van der Waals surface area (Å²) in [5.74, 6) is -0.340. The van der Waals surface area contributed by atoms with Crippen LogP contribution < -0.4 is 9.46 Å². The first-order chi connectivity index (χ1) is 17.6. The molecule has 194 valence electrons. The molecule has 0 amide bonds. The number of carbonyl (C=O) groups is 2. The maximum absolute atomic E-state index is 12.9. The third kappa shape index (κ3) is 5.49. The smallest absolute Gasteiger partial charge is 0.340 e. The minimum atomic E-state index is -3.92. The van der Waals surface area contributed by atoms with Crippen LogP contribution in [-0.2, 0) is 14.8 Å². The molecule has 10 nitrogen and oxygen atoms in total. The largest absolute Gasteiger partial charge is 0.495 e. The monoisotopic (exact) mass is 543 g/mol. The highest BCUT2D eigenvalue weighted by atomic mass is 32.2. The van der Waals surface area contributed by atoms with Crippen LogP contribution >= 0.6 is 11.8 Å². The van der Waals surface area contributed by atoms with E-state index in [1.165, 1.54) is 25.3 Å². The van der Waals surface area contributed by atoms with Gasteiger partial charge in [0.1, 0.15) is 11.3 Å². The molecule has 2 N–H and O–H groups in total. The molecule has 0 radical (unpaired) electrons. The molecule has 0 fully saturated rings. The van der Waals surface area contributed by atoms with Gasteiger partial charge in [0, 0.05) is 5.69 Å². The number of carbonyl (C=O) groups excluding carboxylic acids is 2. The van der Waals surface area contributed by atoms with Crippen molar-refractivity contribution >= 4 is 50.3 Å². The number of rotatable bonds is 10. The van der Waals surface area contributed by atoms with Gasteiger partial charge in [0.25, 0.3) is 15.2 Å². The molecule has 2 aromatic carbocycles. The molecule has 0 spiro atoms. The summed E-state index contributed by atoms with van der Waals surface area (Å²) in [6, 6.07) is 11.0. The van der Waals surface area contributed by atoms with Crippen molar-refractivity contribution in [3.63, 3.8) is 0 Å². The van der Waals surface area contributed by atoms with E-state index in [4.69, 9.17) is 13.9 Å². The number of anilines is 1. The van der Waals surface area contributed by atoms with Crippen molar-refractivity contribution in [2.45, 2.75) is 30.9 Å². The lowest BCUT2D eigenvalue weighted by molar-refractivity contribution is 0.0525. The predicted octanol–water partition coefficient (Wildman–Crippen LogP) is 4.73. The Bertz CT molecular complexity index is 1590. The van der Waals surface area contributed by atoms with E-state index in [2.05, 4.69) is 14.7 Å². The second-order valence-electron chi connectivity index (χ2n) is 7.97. The number of nitrogens with one attached hydrogen (secondary N) is 2. The van der Waals surface area contributed by atoms with Crippen LogP contribution in [0, 0.1) is 13.8 Å². The number of ketones is 1. The molecule has 0 aliphatic heterocycles. The van der Waals surface area contributed by atoms with Crippen LogP contribution in [0.25, 0.3) is 11.1 Å². The Morgan fingerprint density at radius 2 is 1.92 bits per heavy atom. The molecule has 2 heterocycles. The molecule has 0 saturated heterocycles. The summed E-state index contributed by atoms with van der Waals surface area (Å²) in [5.41, 5.74) is 2.77. The van der Waals surface area contributed by atoms with Crippen molar-refractivity contribution in [3.8, 4) is 5.75 Å². The number of H-pyrrole nitrogens is 1. The third-order valence-electron chi connectivity index (χ3n) is 5.52. The normalized spacial score (nSPS) is 11.5. The van der Waals surface area contributed by atoms with Crippen molar-refractivity contribution < 1.29 is 31.9 Å². The van der Waals surface area contributed by atoms with Crippen LogP contribution in [0.2, 0.25) is 0 Å². The van der Waals surface area contributed by atoms with Gasteiger partial charge in [-0.15, -0.1) is 0 Å². The van der Waals surface area contributed by atoms with Gasteiger partial charge in [-0.1, -0.05) is 23.9 Å². The summed E-state index contributed by atoms with van der Waals surface area (Å²) in [5, 5.41) is 0.210. The molecule has 0 saturated carbocycles. The second-order valence-corrected chi connectivity index (χ2v) is 10.6. The minimum Gasteiger partial charge on any atom is -0.495 e. The number of thioether (sulfide) groups is 1. The lowest BCUT2D eigenvalue weighted by Crippen LogP contribution is -2.13. The van der Waals surface area contributed by atoms with Crippen LogP contribution in [-0.4, -0.2) is 49.6 Å². The number of ether oxygens (including phenoxy) is 2. The van der Waals surface area contributed by atoms with Crippen molar-refractivity contribution in [2.75, 3.05) is 24.2 Å². The summed E-state index contributed by atoms with van der Waals surface area (Å²) >= 11 is 1.07. The maximum atomic E-state index is 12.9. The van der Waals surface area contributed by atoms with Crippen molar-refractivity contribution in [1.82, 2.24) is 9.97 Å². The zero-order valence-electron chi connectivity index (χ0n) is 20.6. The zero-order valence-corrected chi connectivity index (χ0v) is 22.2. The first-order valence-electron chi connectivity index (χ1n) is 11.2. The summed E-state index contributed by atoms with van der Waals surface area (Å²) < 4.78 is 44.3. The molecule has 0 aliphatic rings. The van der Waals surface area contributed by atoms with Gasteiger partial charge in [-0.25, -0.2) is 18.2 Å². The fraction of sp³-hybridized carbons (Fsp3) is 0.240. The van der Waals surface area contributed by atoms with Gasteiger partial charge in [-0.05, 0) is 56.7 Å². The number of sulfonamides is 1. The number of nitrogens with zero attached hydrogens (tertiary/aromatic N) is 1. The Morgan fingerprint density at radius 3 is 2.65 bits per heavy atom. The van der Waals surface area contributed by atoms with Crippen LogP contribution in [0.1, 0.15) is 39.0 Å². The van der Waals surface area contributed by atoms with E-state index in [0.29, 0.717) is 45.1 Å². The lowest BCUT2D eigenvalue weighted by Gasteiger charge is -2.11. The second kappa shape index (κ2) is 10.7. The molecule has 0 bridgehead atoms. The van der Waals surface area contributed by atoms with E-state index in [1.54, 1.807) is 45.0 Å². The van der Waals surface area contributed by atoms with Crippen LogP contribution in [0.5, 0.6) is 5.75 Å². The summed E-state index contributed by atoms with van der Waals surface area (Å²) in [7, 11) is -2.47. The van der Waals surface area contributed by atoms with Gasteiger partial charge < -0.3 is 18.9 Å². The quantitative estimate of drug-likeness (QED) is 0.165. The SMILES string of the molecule is CCOC(=O)c1c(C)[nH]c(C(=O)CSc2nc3cc(S(=O)(=O)Nc4ccccc4OC)ccc3o2)c1C. The Balaban J connectivity index is 1.50. The minimum absolute atomic E-state index is 0.00358. The number of aromatic nitrogens is 2. The van der Waals surface area contributed by atoms with Gasteiger partial charge in [-0.2, -0.15) is 0 Å². The van der Waals surface area contributed by atoms with Gasteiger partial charge in [-0.3, -0.25) is 9.52 Å². The van der Waals surface area contributed by atoms with Crippen LogP contribution in [0.4, 0.5) is 5.69 Å². The third-order valence-corrected chi connectivity index (χ3v) is 7.71. The standard InChI is InChI=1S/C25H25N3O7S2/c1-5-34-24(30)22-14(2)23(26-15(22)3)19(29)13-36-25-27-18-12-16(10-11-21(18)35-25)37(31,32)28-17-8-6-7-9-20(17)33-4/h6-12,26,28H,5,13H2,1-4H3. The number of oxazole rings is 1. The molecule has 0 unspecified atom stereocenters. The maximum Gasteiger partial charge on any atom is 0.340 e. The van der Waals surface area contributed by atoms with Gasteiger partial charge >= 0.3 is 5.97 Å². The zero-order chi connectivity index (χ0) is 26.7. The Labute approximate surface area is 217 Å². The number of para-hydroxylation sites is 2. The first kappa shape index (κ1) is 26.3. The number of aromatic amines is 1. The van der Waals surface area contributed by atoms with E-state index in [0.717, 1.165) is 11.8 Å². The van der Waals surface area contributed by atoms with E-state index in [-0.39, 0.29) is 28.3 Å². The van der Waals surface area contributed by atoms with Crippen molar-refractivity contribution in [1.29, 1.82) is 0 Å². The Morgan fingerprint density at radius 1 is 1.16 bits per heavy atom. The van der Waals surface area contributed by atoms with E-state index >= 15 is 0 Å². The number of hydrogen-bond acceptors (Lipinski definition) is 9. The Hall–Kier alpha value is -3.77. The number of methoxy groups -OCH3 is 1. The molecular weight excluding hydrogens is 518 g/mol. The van der Waals surface area contributed by atoms with Gasteiger partial charge in [0.05, 0.1) is 41.3 Å². The number of aryl methyl sites for hydroxylation is 1. The van der Waals surface area contributed by atoms with Crippen LogP contribution in [0.3, 0.4) is 0 Å². The molecule has 0 aliphatic carbocycles. The lowest BCUT2D eigenvalue weighted by atomic mass is 10.1. The van der Waals surface area contributed by atoms with E-state index in [1.807, 2.05) is 0 Å². The average Bonchev–Trinajstić information content (AvgIpc) is 3.41. The molecule has 2 aromatic heterocycles. The molecule has 4 rings (SSSR count). The fourth-order valence-electron chi connectivity index (χ4n) is 3.79. The molecule has 12 heteroatoms. The van der Waals surface area contributed by atoms with Crippen molar-refractivity contribution in [2.24, 2.45) is 0 Å². The van der Waals surface area contributed by atoms with E-state index < -0.39 is 16.0 Å². The highest BCUT2D eigenvalue weighted by Crippen LogP contribution is 2.29. The predicted molar refractivity (Wildman–Crippen MR) is 139 cm³/mol. The average molecular weight is 544 g/mol. The number of esters is 1. The van der Waals surface area contributed by atoms with Crippen molar-refractivity contribution in [3.05, 3.63) is 65.0 Å². The molecular formula is C25H25N3O7S2. The van der Waals surface area contributed by atoms with Crippen LogP contribution in [0.15, 0.2) is 57.0 Å². The van der Waals surface area contributed by atoms with E-state index in [9.17, 15) is 18.0 Å². The number of fused-ring (bicyclic) bond motifs is 1. The molecule has 37 heavy (non-hydrogen) atoms. The summed E-state index contributed by atoms with van der Waals surface area (Å²) in [4.78, 5) is 32.3. The van der Waals surface area contributed by atoms with Gasteiger partial charge in [0.2, 0.25) is 0 Å². The number of benzene rings is 2. The number of hydrogen-bond donors (Lipinski definition) is 2. The highest BCUT2D eigenvalue weighted by molar-refractivity contribution is 7.99. The Kier molecular flexibility index (Phi) is 7.60. The summed E-state index contributed by atoms with van der Waals surface area (Å²) in [6.45, 7) is 5.35. The first-order valence-corrected chi connectivity index (χ1v) is 13.7. The molecule has 4 aromatic rings.